The number of ether oxygens (including phenoxy) is 2. The summed E-state index contributed by atoms with van der Waals surface area (Å²) in [7, 11) is 3.34. The van der Waals surface area contributed by atoms with Crippen molar-refractivity contribution in [3.8, 4) is 34.0 Å². The summed E-state index contributed by atoms with van der Waals surface area (Å²) in [5.41, 5.74) is 4.00. The van der Waals surface area contributed by atoms with E-state index >= 15 is 0 Å². The van der Waals surface area contributed by atoms with E-state index in [1.165, 1.54) is 4.91 Å². The van der Waals surface area contributed by atoms with Gasteiger partial charge in [0.05, 0.1) is 25.6 Å². The fourth-order valence-corrected chi connectivity index (χ4v) is 2.87. The predicted molar refractivity (Wildman–Crippen MR) is 110 cm³/mol. The summed E-state index contributed by atoms with van der Waals surface area (Å²) in [6.45, 7) is 2.08. The number of thioether (sulfide) groups is 1. The quantitative estimate of drug-likeness (QED) is 0.627. The first-order valence-electron chi connectivity index (χ1n) is 8.25. The number of imidazole rings is 1. The molecule has 0 aliphatic rings. The van der Waals surface area contributed by atoms with Crippen molar-refractivity contribution in [3.63, 3.8) is 0 Å². The van der Waals surface area contributed by atoms with E-state index in [0.29, 0.717) is 0 Å². The molecular formula is C21H22N2O2S. The maximum Gasteiger partial charge on any atom is 0.131 e. The van der Waals surface area contributed by atoms with Crippen LogP contribution in [0, 0.1) is 0 Å². The molecule has 134 valence electrons. The van der Waals surface area contributed by atoms with E-state index in [4.69, 9.17) is 14.5 Å². The van der Waals surface area contributed by atoms with Gasteiger partial charge in [-0.05, 0) is 72.7 Å². The van der Waals surface area contributed by atoms with Crippen molar-refractivity contribution in [2.24, 2.45) is 0 Å². The lowest BCUT2D eigenvalue weighted by Gasteiger charge is -2.06. The monoisotopic (exact) mass is 366 g/mol. The Bertz CT molecular complexity index is 832. The van der Waals surface area contributed by atoms with E-state index in [0.717, 1.165) is 39.8 Å². The number of hydrogen-bond donors (Lipinski definition) is 1. The van der Waals surface area contributed by atoms with E-state index in [1.54, 1.807) is 26.0 Å². The highest BCUT2D eigenvalue weighted by Crippen LogP contribution is 2.32. The number of hydrogen-bond acceptors (Lipinski definition) is 4. The van der Waals surface area contributed by atoms with Crippen molar-refractivity contribution in [3.05, 3.63) is 59.3 Å². The average molecular weight is 366 g/mol. The van der Waals surface area contributed by atoms with Gasteiger partial charge in [0.25, 0.3) is 0 Å². The Balaban J connectivity index is 2.10. The second-order valence-corrected chi connectivity index (χ2v) is 6.81. The first-order chi connectivity index (χ1) is 12.6. The van der Waals surface area contributed by atoms with Gasteiger partial charge in [-0.2, -0.15) is 0 Å². The normalized spacial score (nSPS) is 11.5. The molecule has 0 atom stereocenters. The molecule has 3 rings (SSSR count). The highest BCUT2D eigenvalue weighted by atomic mass is 32.2. The number of rotatable bonds is 6. The van der Waals surface area contributed by atoms with Gasteiger partial charge in [-0.3, -0.25) is 0 Å². The second-order valence-electron chi connectivity index (χ2n) is 5.76. The van der Waals surface area contributed by atoms with E-state index in [-0.39, 0.29) is 0 Å². The first kappa shape index (κ1) is 18.1. The van der Waals surface area contributed by atoms with Crippen molar-refractivity contribution >= 4 is 17.8 Å². The summed E-state index contributed by atoms with van der Waals surface area (Å²) in [5, 5.41) is 0. The van der Waals surface area contributed by atoms with Crippen molar-refractivity contribution < 1.29 is 9.47 Å². The van der Waals surface area contributed by atoms with Gasteiger partial charge in [-0.15, -0.1) is 11.8 Å². The lowest BCUT2D eigenvalue weighted by atomic mass is 10.0. The van der Waals surface area contributed by atoms with Gasteiger partial charge < -0.3 is 14.5 Å². The lowest BCUT2D eigenvalue weighted by molar-refractivity contribution is 0.414. The molecule has 0 spiro atoms. The fraction of sp³-hybridized carbons (Fsp3) is 0.190. The van der Waals surface area contributed by atoms with Crippen LogP contribution in [-0.2, 0) is 0 Å². The molecule has 0 bridgehead atoms. The molecule has 0 saturated carbocycles. The lowest BCUT2D eigenvalue weighted by Crippen LogP contribution is -1.87. The maximum atomic E-state index is 5.27. The van der Waals surface area contributed by atoms with Gasteiger partial charge in [0.15, 0.2) is 0 Å². The van der Waals surface area contributed by atoms with Gasteiger partial charge in [0.2, 0.25) is 0 Å². The smallest absolute Gasteiger partial charge is 0.131 e. The topological polar surface area (TPSA) is 47.1 Å². The molecule has 26 heavy (non-hydrogen) atoms. The molecule has 5 heteroatoms. The van der Waals surface area contributed by atoms with E-state index < -0.39 is 0 Å². The molecule has 4 nitrogen and oxygen atoms in total. The molecule has 0 radical (unpaired) electrons. The van der Waals surface area contributed by atoms with Crippen molar-refractivity contribution in [1.82, 2.24) is 9.97 Å². The average Bonchev–Trinajstić information content (AvgIpc) is 3.11. The summed E-state index contributed by atoms with van der Waals surface area (Å²) in [6, 6.07) is 15.9. The minimum absolute atomic E-state index is 0.827. The number of methoxy groups -OCH3 is 2. The van der Waals surface area contributed by atoms with Crippen LogP contribution in [0.4, 0.5) is 0 Å². The molecule has 0 unspecified atom stereocenters. The third kappa shape index (κ3) is 3.94. The molecule has 2 aromatic carbocycles. The summed E-state index contributed by atoms with van der Waals surface area (Å²) in [4.78, 5) is 9.48. The Kier molecular flexibility index (Phi) is 5.68. The van der Waals surface area contributed by atoms with E-state index in [9.17, 15) is 0 Å². The molecule has 0 saturated heterocycles. The number of allylic oxidation sites excluding steroid dienone is 1. The third-order valence-corrected chi connectivity index (χ3v) is 4.89. The van der Waals surface area contributed by atoms with Crippen molar-refractivity contribution in [1.29, 1.82) is 0 Å². The molecule has 3 aromatic rings. The number of aromatic amines is 1. The van der Waals surface area contributed by atoms with Gasteiger partial charge in [-0.1, -0.05) is 0 Å². The molecule has 0 aliphatic carbocycles. The van der Waals surface area contributed by atoms with Crippen LogP contribution in [0.3, 0.4) is 0 Å². The zero-order valence-corrected chi connectivity index (χ0v) is 16.2. The zero-order chi connectivity index (χ0) is 18.5. The molecule has 0 aliphatic heterocycles. The van der Waals surface area contributed by atoms with Gasteiger partial charge in [0, 0.05) is 11.1 Å². The van der Waals surface area contributed by atoms with E-state index in [2.05, 4.69) is 24.2 Å². The Labute approximate surface area is 158 Å². The van der Waals surface area contributed by atoms with Crippen LogP contribution < -0.4 is 9.47 Å². The molecule has 1 aromatic heterocycles. The highest BCUT2D eigenvalue weighted by Gasteiger charge is 2.14. The van der Waals surface area contributed by atoms with Crippen LogP contribution in [0.25, 0.3) is 28.6 Å². The molecule has 0 fully saturated rings. The number of H-pyrrole nitrogens is 1. The van der Waals surface area contributed by atoms with Crippen molar-refractivity contribution in [2.75, 3.05) is 20.5 Å². The number of benzene rings is 2. The summed E-state index contributed by atoms with van der Waals surface area (Å²) >= 11 is 1.70. The summed E-state index contributed by atoms with van der Waals surface area (Å²) in [6.07, 6.45) is 4.12. The Morgan fingerprint density at radius 1 is 0.923 bits per heavy atom. The minimum atomic E-state index is 0.827. The highest BCUT2D eigenvalue weighted by molar-refractivity contribution is 8.02. The zero-order valence-electron chi connectivity index (χ0n) is 15.4. The predicted octanol–water partition coefficient (Wildman–Crippen LogP) is 5.48. The summed E-state index contributed by atoms with van der Waals surface area (Å²) < 4.78 is 10.5. The maximum absolute atomic E-state index is 5.27. The van der Waals surface area contributed by atoms with Crippen LogP contribution in [0.1, 0.15) is 12.7 Å². The minimum Gasteiger partial charge on any atom is -0.497 e. The number of aromatic nitrogens is 2. The van der Waals surface area contributed by atoms with Crippen LogP contribution in [0.2, 0.25) is 0 Å². The van der Waals surface area contributed by atoms with Gasteiger partial charge in [-0.25, -0.2) is 4.98 Å². The van der Waals surface area contributed by atoms with Gasteiger partial charge in [0.1, 0.15) is 17.3 Å². The largest absolute Gasteiger partial charge is 0.497 e. The van der Waals surface area contributed by atoms with Crippen LogP contribution in [0.5, 0.6) is 11.5 Å². The van der Waals surface area contributed by atoms with E-state index in [1.807, 2.05) is 48.5 Å². The molecule has 1 N–H and O–H groups in total. The Hall–Kier alpha value is -2.66. The fourth-order valence-electron chi connectivity index (χ4n) is 2.64. The number of nitrogens with zero attached hydrogens (tertiary/aromatic N) is 1. The number of nitrogens with one attached hydrogen (secondary N) is 1. The molecular weight excluding hydrogens is 344 g/mol. The van der Waals surface area contributed by atoms with Crippen LogP contribution in [0.15, 0.2) is 53.4 Å². The van der Waals surface area contributed by atoms with Gasteiger partial charge >= 0.3 is 0 Å². The van der Waals surface area contributed by atoms with Crippen LogP contribution in [-0.4, -0.2) is 30.4 Å². The SMILES string of the molecule is COc1ccc(-c2nc(/C=C(/C)SC)[nH]c2-c2ccc(OC)cc2)cc1. The first-order valence-corrected chi connectivity index (χ1v) is 9.48. The molecule has 1 heterocycles. The third-order valence-electron chi connectivity index (χ3n) is 4.13. The van der Waals surface area contributed by atoms with Crippen molar-refractivity contribution in [2.45, 2.75) is 6.92 Å². The standard InChI is InChI=1S/C21H22N2O2S/c1-14(26-4)13-19-22-20(15-5-9-17(24-2)10-6-15)21(23-19)16-7-11-18(25-3)12-8-16/h5-13H,1-4H3,(H,22,23)/b14-13-. The Morgan fingerprint density at radius 2 is 1.46 bits per heavy atom. The molecule has 0 amide bonds. The Morgan fingerprint density at radius 3 is 1.96 bits per heavy atom. The van der Waals surface area contributed by atoms with Crippen LogP contribution >= 0.6 is 11.8 Å². The summed E-state index contributed by atoms with van der Waals surface area (Å²) in [5.74, 6) is 2.50. The second kappa shape index (κ2) is 8.15.